The molecule has 1 saturated carbocycles. The zero-order valence-electron chi connectivity index (χ0n) is 12.3. The number of aliphatic hydroxyl groups excluding tert-OH is 2. The van der Waals surface area contributed by atoms with E-state index in [1.54, 1.807) is 0 Å². The van der Waals surface area contributed by atoms with Crippen LogP contribution in [0.25, 0.3) is 0 Å². The molecule has 3 unspecified atom stereocenters. The molecule has 1 saturated heterocycles. The van der Waals surface area contributed by atoms with Crippen LogP contribution >= 0.6 is 0 Å². The molecule has 0 amide bonds. The van der Waals surface area contributed by atoms with E-state index in [2.05, 4.69) is 0 Å². The second-order valence-corrected chi connectivity index (χ2v) is 6.29. The van der Waals surface area contributed by atoms with Crippen molar-refractivity contribution >= 4 is 0 Å². The highest BCUT2D eigenvalue weighted by molar-refractivity contribution is 4.98. The maximum absolute atomic E-state index is 10.1. The van der Waals surface area contributed by atoms with Gasteiger partial charge in [-0.05, 0) is 26.2 Å². The average molecular weight is 304 g/mol. The lowest BCUT2D eigenvalue weighted by atomic mass is 9.84. The number of aliphatic hydroxyl groups is 2. The van der Waals surface area contributed by atoms with E-state index in [-0.39, 0.29) is 18.2 Å². The van der Waals surface area contributed by atoms with Gasteiger partial charge >= 0.3 is 0 Å². The van der Waals surface area contributed by atoms with Crippen LogP contribution in [0.1, 0.15) is 26.2 Å². The highest BCUT2D eigenvalue weighted by Gasteiger charge is 2.44. The van der Waals surface area contributed by atoms with Crippen LogP contribution in [0.2, 0.25) is 0 Å². The SMILES string of the molecule is C[C@@H](N)C1CCC(N)C(O[C@H]2[C@H](O)[C@@H](O)[C@H](N)C[C@@H]2N)O1. The summed E-state index contributed by atoms with van der Waals surface area (Å²) in [6.07, 6.45) is -1.97. The summed E-state index contributed by atoms with van der Waals surface area (Å²) in [5.74, 6) is 0. The van der Waals surface area contributed by atoms with Gasteiger partial charge in [0.25, 0.3) is 0 Å². The first-order valence-electron chi connectivity index (χ1n) is 7.50. The van der Waals surface area contributed by atoms with Gasteiger partial charge in [-0.3, -0.25) is 0 Å². The summed E-state index contributed by atoms with van der Waals surface area (Å²) in [5, 5.41) is 20.0. The first-order chi connectivity index (χ1) is 9.81. The number of hydrogen-bond acceptors (Lipinski definition) is 8. The average Bonchev–Trinajstić information content (AvgIpc) is 2.42. The van der Waals surface area contributed by atoms with E-state index >= 15 is 0 Å². The molecule has 2 aliphatic rings. The predicted octanol–water partition coefficient (Wildman–Crippen LogP) is -2.67. The fraction of sp³-hybridized carbons (Fsp3) is 1.00. The predicted molar refractivity (Wildman–Crippen MR) is 77.0 cm³/mol. The Morgan fingerprint density at radius 2 is 1.71 bits per heavy atom. The van der Waals surface area contributed by atoms with Crippen molar-refractivity contribution in [2.45, 2.75) is 81.1 Å². The molecule has 21 heavy (non-hydrogen) atoms. The largest absolute Gasteiger partial charge is 0.389 e. The topological polar surface area (TPSA) is 163 Å². The van der Waals surface area contributed by atoms with E-state index in [9.17, 15) is 10.2 Å². The standard InChI is InChI=1S/C13H28N4O4/c1-5(14)9-3-2-6(15)13(20-9)21-12-8(17)4-7(16)10(18)11(12)19/h5-13,18-19H,2-4,14-17H2,1H3/t5-,6?,7-,8+,9?,10+,11-,12-,13?/m1/s1. The molecule has 0 spiro atoms. The first-order valence-corrected chi connectivity index (χ1v) is 7.50. The Labute approximate surface area is 124 Å². The minimum Gasteiger partial charge on any atom is -0.389 e. The molecule has 0 bridgehead atoms. The van der Waals surface area contributed by atoms with Gasteiger partial charge in [0.2, 0.25) is 0 Å². The molecule has 1 heterocycles. The summed E-state index contributed by atoms with van der Waals surface area (Å²) in [6.45, 7) is 1.86. The van der Waals surface area contributed by atoms with E-state index in [0.29, 0.717) is 6.42 Å². The van der Waals surface area contributed by atoms with Crippen molar-refractivity contribution in [1.82, 2.24) is 0 Å². The summed E-state index contributed by atoms with van der Waals surface area (Å²) in [7, 11) is 0. The Kier molecular flexibility index (Phi) is 5.55. The second-order valence-electron chi connectivity index (χ2n) is 6.29. The molecule has 10 N–H and O–H groups in total. The van der Waals surface area contributed by atoms with Crippen molar-refractivity contribution in [2.75, 3.05) is 0 Å². The van der Waals surface area contributed by atoms with Crippen molar-refractivity contribution in [3.63, 3.8) is 0 Å². The van der Waals surface area contributed by atoms with E-state index in [0.717, 1.165) is 12.8 Å². The second kappa shape index (κ2) is 6.84. The molecule has 8 nitrogen and oxygen atoms in total. The normalized spacial score (nSPS) is 49.9. The summed E-state index contributed by atoms with van der Waals surface area (Å²) in [4.78, 5) is 0. The Morgan fingerprint density at radius 3 is 2.33 bits per heavy atom. The molecule has 2 rings (SSSR count). The van der Waals surface area contributed by atoms with Crippen LogP contribution in [0.4, 0.5) is 0 Å². The van der Waals surface area contributed by atoms with E-state index < -0.39 is 36.7 Å². The van der Waals surface area contributed by atoms with Gasteiger partial charge in [0, 0.05) is 18.1 Å². The zero-order chi connectivity index (χ0) is 15.7. The lowest BCUT2D eigenvalue weighted by Crippen LogP contribution is -2.64. The Bertz CT molecular complexity index is 346. The van der Waals surface area contributed by atoms with Crippen LogP contribution in [0.5, 0.6) is 0 Å². The van der Waals surface area contributed by atoms with Gasteiger partial charge in [0.05, 0.1) is 18.2 Å². The van der Waals surface area contributed by atoms with Gasteiger partial charge in [-0.2, -0.15) is 0 Å². The van der Waals surface area contributed by atoms with Gasteiger partial charge in [-0.25, -0.2) is 0 Å². The fourth-order valence-electron chi connectivity index (χ4n) is 2.98. The van der Waals surface area contributed by atoms with Gasteiger partial charge in [-0.15, -0.1) is 0 Å². The summed E-state index contributed by atoms with van der Waals surface area (Å²) < 4.78 is 11.5. The molecule has 0 aromatic heterocycles. The smallest absolute Gasteiger partial charge is 0.173 e. The molecule has 2 fully saturated rings. The van der Waals surface area contributed by atoms with E-state index in [4.69, 9.17) is 32.4 Å². The number of rotatable bonds is 3. The highest BCUT2D eigenvalue weighted by atomic mass is 16.7. The Hall–Kier alpha value is -0.320. The van der Waals surface area contributed by atoms with Crippen LogP contribution in [-0.4, -0.2) is 65.1 Å². The third-order valence-electron chi connectivity index (χ3n) is 4.41. The lowest BCUT2D eigenvalue weighted by Gasteiger charge is -2.44. The van der Waals surface area contributed by atoms with Crippen molar-refractivity contribution in [1.29, 1.82) is 0 Å². The Morgan fingerprint density at radius 1 is 1.05 bits per heavy atom. The molecule has 0 aromatic rings. The molecule has 9 atom stereocenters. The zero-order valence-corrected chi connectivity index (χ0v) is 12.3. The molecule has 8 heteroatoms. The first kappa shape index (κ1) is 17.0. The van der Waals surface area contributed by atoms with E-state index in [1.165, 1.54) is 0 Å². The molecule has 1 aliphatic carbocycles. The van der Waals surface area contributed by atoms with Gasteiger partial charge < -0.3 is 42.6 Å². The fourth-order valence-corrected chi connectivity index (χ4v) is 2.98. The van der Waals surface area contributed by atoms with Crippen molar-refractivity contribution < 1.29 is 19.7 Å². The van der Waals surface area contributed by atoms with E-state index in [1.807, 2.05) is 6.92 Å². The van der Waals surface area contributed by atoms with Crippen molar-refractivity contribution in [2.24, 2.45) is 22.9 Å². The lowest BCUT2D eigenvalue weighted by molar-refractivity contribution is -0.255. The van der Waals surface area contributed by atoms with Crippen molar-refractivity contribution in [3.05, 3.63) is 0 Å². The third kappa shape index (κ3) is 3.72. The highest BCUT2D eigenvalue weighted by Crippen LogP contribution is 2.27. The maximum atomic E-state index is 10.1. The molecule has 1 aliphatic heterocycles. The quantitative estimate of drug-likeness (QED) is 0.329. The van der Waals surface area contributed by atoms with Crippen LogP contribution in [-0.2, 0) is 9.47 Å². The monoisotopic (exact) mass is 304 g/mol. The molecular formula is C13H28N4O4. The number of hydrogen-bond donors (Lipinski definition) is 6. The van der Waals surface area contributed by atoms with Crippen LogP contribution < -0.4 is 22.9 Å². The van der Waals surface area contributed by atoms with Gasteiger partial charge in [0.1, 0.15) is 12.2 Å². The molecule has 0 radical (unpaired) electrons. The number of ether oxygens (including phenoxy) is 2. The third-order valence-corrected chi connectivity index (χ3v) is 4.41. The minimum absolute atomic E-state index is 0.132. The van der Waals surface area contributed by atoms with Gasteiger partial charge in [-0.1, -0.05) is 0 Å². The summed E-state index contributed by atoms with van der Waals surface area (Å²) >= 11 is 0. The Balaban J connectivity index is 2.01. The van der Waals surface area contributed by atoms with Crippen LogP contribution in [0.15, 0.2) is 0 Å². The van der Waals surface area contributed by atoms with Crippen molar-refractivity contribution in [3.8, 4) is 0 Å². The van der Waals surface area contributed by atoms with Crippen LogP contribution in [0, 0.1) is 0 Å². The number of nitrogens with two attached hydrogens (primary N) is 4. The summed E-state index contributed by atoms with van der Waals surface area (Å²) in [5.41, 5.74) is 23.6. The van der Waals surface area contributed by atoms with Crippen LogP contribution in [0.3, 0.4) is 0 Å². The van der Waals surface area contributed by atoms with Gasteiger partial charge in [0.15, 0.2) is 6.29 Å². The molecule has 0 aromatic carbocycles. The molecule has 124 valence electrons. The minimum atomic E-state index is -1.16. The summed E-state index contributed by atoms with van der Waals surface area (Å²) in [6, 6.07) is -1.49. The maximum Gasteiger partial charge on any atom is 0.173 e. The molecular weight excluding hydrogens is 276 g/mol.